The van der Waals surface area contributed by atoms with Crippen molar-refractivity contribution < 1.29 is 9.53 Å². The molecule has 0 saturated heterocycles. The first kappa shape index (κ1) is 16.1. The molecule has 1 N–H and O–H groups in total. The molecule has 1 aromatic carbocycles. The zero-order valence-corrected chi connectivity index (χ0v) is 13.3. The standard InChI is InChI=1S/C17H23N3O2/c1-13(2)22-16-7-5-15(6-8-16)12-18-17(21)11-14(3)20-10-4-9-19-20/h4-10,13-14H,11-12H2,1-3H3,(H,18,21). The number of aromatic nitrogens is 2. The maximum Gasteiger partial charge on any atom is 0.222 e. The number of hydrogen-bond donors (Lipinski definition) is 1. The highest BCUT2D eigenvalue weighted by Crippen LogP contribution is 2.14. The van der Waals surface area contributed by atoms with Crippen molar-refractivity contribution in [1.29, 1.82) is 0 Å². The van der Waals surface area contributed by atoms with E-state index >= 15 is 0 Å². The van der Waals surface area contributed by atoms with Gasteiger partial charge in [0.15, 0.2) is 0 Å². The molecule has 0 fully saturated rings. The lowest BCUT2D eigenvalue weighted by Crippen LogP contribution is -2.25. The van der Waals surface area contributed by atoms with Gasteiger partial charge in [-0.2, -0.15) is 5.10 Å². The van der Waals surface area contributed by atoms with E-state index in [1.54, 1.807) is 10.9 Å². The molecule has 22 heavy (non-hydrogen) atoms. The van der Waals surface area contributed by atoms with Gasteiger partial charge in [-0.25, -0.2) is 0 Å². The fourth-order valence-electron chi connectivity index (χ4n) is 2.13. The van der Waals surface area contributed by atoms with Crippen molar-refractivity contribution in [3.05, 3.63) is 48.3 Å². The molecular weight excluding hydrogens is 278 g/mol. The molecule has 0 saturated carbocycles. The molecular formula is C17H23N3O2. The lowest BCUT2D eigenvalue weighted by molar-refractivity contribution is -0.122. The van der Waals surface area contributed by atoms with E-state index in [1.165, 1.54) is 0 Å². The summed E-state index contributed by atoms with van der Waals surface area (Å²) in [6.07, 6.45) is 4.16. The Labute approximate surface area is 131 Å². The molecule has 5 heteroatoms. The van der Waals surface area contributed by atoms with E-state index < -0.39 is 0 Å². The fourth-order valence-corrected chi connectivity index (χ4v) is 2.13. The van der Waals surface area contributed by atoms with Crippen LogP contribution < -0.4 is 10.1 Å². The van der Waals surface area contributed by atoms with Crippen LogP contribution in [0.4, 0.5) is 0 Å². The highest BCUT2D eigenvalue weighted by molar-refractivity contribution is 5.76. The van der Waals surface area contributed by atoms with E-state index in [0.29, 0.717) is 13.0 Å². The molecule has 1 atom stereocenters. The average molecular weight is 301 g/mol. The van der Waals surface area contributed by atoms with Crippen LogP contribution in [0, 0.1) is 0 Å². The monoisotopic (exact) mass is 301 g/mol. The van der Waals surface area contributed by atoms with Crippen LogP contribution in [0.25, 0.3) is 0 Å². The maximum absolute atomic E-state index is 12.0. The zero-order valence-electron chi connectivity index (χ0n) is 13.3. The second-order valence-electron chi connectivity index (χ2n) is 5.63. The van der Waals surface area contributed by atoms with Gasteiger partial charge in [-0.15, -0.1) is 0 Å². The van der Waals surface area contributed by atoms with Gasteiger partial charge in [0.25, 0.3) is 0 Å². The predicted octanol–water partition coefficient (Wildman–Crippen LogP) is 2.94. The van der Waals surface area contributed by atoms with E-state index in [9.17, 15) is 4.79 Å². The summed E-state index contributed by atoms with van der Waals surface area (Å²) in [5.74, 6) is 0.864. The Balaban J connectivity index is 1.78. The first-order valence-corrected chi connectivity index (χ1v) is 7.56. The summed E-state index contributed by atoms with van der Waals surface area (Å²) in [5.41, 5.74) is 1.05. The zero-order chi connectivity index (χ0) is 15.9. The molecule has 0 bridgehead atoms. The third-order valence-corrected chi connectivity index (χ3v) is 3.24. The summed E-state index contributed by atoms with van der Waals surface area (Å²) in [5, 5.41) is 7.07. The van der Waals surface area contributed by atoms with Crippen molar-refractivity contribution in [2.24, 2.45) is 0 Å². The van der Waals surface area contributed by atoms with Crippen LogP contribution in [0.1, 0.15) is 38.8 Å². The lowest BCUT2D eigenvalue weighted by atomic mass is 10.2. The number of carbonyl (C=O) groups excluding carboxylic acids is 1. The molecule has 2 rings (SSSR count). The number of hydrogen-bond acceptors (Lipinski definition) is 3. The highest BCUT2D eigenvalue weighted by atomic mass is 16.5. The SMILES string of the molecule is CC(C)Oc1ccc(CNC(=O)CC(C)n2cccn2)cc1. The van der Waals surface area contributed by atoms with E-state index in [1.807, 2.05) is 57.3 Å². The number of ether oxygens (including phenoxy) is 1. The van der Waals surface area contributed by atoms with Crippen LogP contribution in [0.5, 0.6) is 5.75 Å². The second kappa shape index (κ2) is 7.64. The highest BCUT2D eigenvalue weighted by Gasteiger charge is 2.10. The van der Waals surface area contributed by atoms with Gasteiger partial charge in [0, 0.05) is 25.4 Å². The second-order valence-corrected chi connectivity index (χ2v) is 5.63. The van der Waals surface area contributed by atoms with Gasteiger partial charge in [-0.1, -0.05) is 12.1 Å². The molecule has 5 nitrogen and oxygen atoms in total. The first-order chi connectivity index (χ1) is 10.5. The maximum atomic E-state index is 12.0. The number of carbonyl (C=O) groups is 1. The van der Waals surface area contributed by atoms with Gasteiger partial charge in [-0.3, -0.25) is 9.48 Å². The molecule has 0 aliphatic carbocycles. The number of benzene rings is 1. The summed E-state index contributed by atoms with van der Waals surface area (Å²) < 4.78 is 7.38. The van der Waals surface area contributed by atoms with E-state index in [4.69, 9.17) is 4.74 Å². The van der Waals surface area contributed by atoms with Gasteiger partial charge in [0.2, 0.25) is 5.91 Å². The summed E-state index contributed by atoms with van der Waals surface area (Å²) in [6.45, 7) is 6.49. The topological polar surface area (TPSA) is 56.1 Å². The van der Waals surface area contributed by atoms with Crippen molar-refractivity contribution in [3.63, 3.8) is 0 Å². The Morgan fingerprint density at radius 2 is 2.00 bits per heavy atom. The molecule has 0 radical (unpaired) electrons. The molecule has 1 unspecified atom stereocenters. The number of nitrogens with zero attached hydrogens (tertiary/aromatic N) is 2. The minimum atomic E-state index is 0.0190. The fraction of sp³-hybridized carbons (Fsp3) is 0.412. The van der Waals surface area contributed by atoms with Crippen LogP contribution in [0.3, 0.4) is 0 Å². The molecule has 1 amide bonds. The van der Waals surface area contributed by atoms with Crippen molar-refractivity contribution in [1.82, 2.24) is 15.1 Å². The van der Waals surface area contributed by atoms with Crippen molar-refractivity contribution >= 4 is 5.91 Å². The Morgan fingerprint density at radius 1 is 1.27 bits per heavy atom. The molecule has 1 heterocycles. The smallest absolute Gasteiger partial charge is 0.222 e. The molecule has 0 aliphatic rings. The Hall–Kier alpha value is -2.30. The Bertz CT molecular complexity index is 576. The van der Waals surface area contributed by atoms with Gasteiger partial charge in [-0.05, 0) is 44.5 Å². The minimum absolute atomic E-state index is 0.0190. The summed E-state index contributed by atoms with van der Waals surface area (Å²) in [4.78, 5) is 12.0. The van der Waals surface area contributed by atoms with Crippen LogP contribution in [0.2, 0.25) is 0 Å². The summed E-state index contributed by atoms with van der Waals surface area (Å²) in [6, 6.07) is 9.69. The van der Waals surface area contributed by atoms with Gasteiger partial charge in [0.05, 0.1) is 12.1 Å². The van der Waals surface area contributed by atoms with Crippen LogP contribution in [0.15, 0.2) is 42.7 Å². The van der Waals surface area contributed by atoms with E-state index in [2.05, 4.69) is 10.4 Å². The van der Waals surface area contributed by atoms with Gasteiger partial charge in [0.1, 0.15) is 5.75 Å². The number of nitrogens with one attached hydrogen (secondary N) is 1. The first-order valence-electron chi connectivity index (χ1n) is 7.56. The third-order valence-electron chi connectivity index (χ3n) is 3.24. The normalized spacial score (nSPS) is 12.2. The van der Waals surface area contributed by atoms with Crippen LogP contribution in [-0.2, 0) is 11.3 Å². The average Bonchev–Trinajstić information content (AvgIpc) is 3.00. The summed E-state index contributed by atoms with van der Waals surface area (Å²) in [7, 11) is 0. The summed E-state index contributed by atoms with van der Waals surface area (Å²) >= 11 is 0. The van der Waals surface area contributed by atoms with Crippen LogP contribution >= 0.6 is 0 Å². The third kappa shape index (κ3) is 4.91. The van der Waals surface area contributed by atoms with E-state index in [-0.39, 0.29) is 18.1 Å². The van der Waals surface area contributed by atoms with Crippen molar-refractivity contribution in [2.45, 2.75) is 45.9 Å². The Morgan fingerprint density at radius 3 is 2.59 bits per heavy atom. The van der Waals surface area contributed by atoms with Gasteiger partial charge >= 0.3 is 0 Å². The van der Waals surface area contributed by atoms with E-state index in [0.717, 1.165) is 11.3 Å². The largest absolute Gasteiger partial charge is 0.491 e. The van der Waals surface area contributed by atoms with Crippen molar-refractivity contribution in [2.75, 3.05) is 0 Å². The Kier molecular flexibility index (Phi) is 5.58. The van der Waals surface area contributed by atoms with Gasteiger partial charge < -0.3 is 10.1 Å². The minimum Gasteiger partial charge on any atom is -0.491 e. The quantitative estimate of drug-likeness (QED) is 0.855. The van der Waals surface area contributed by atoms with Crippen LogP contribution in [-0.4, -0.2) is 21.8 Å². The molecule has 2 aromatic rings. The predicted molar refractivity (Wildman–Crippen MR) is 85.6 cm³/mol. The molecule has 118 valence electrons. The molecule has 1 aromatic heterocycles. The van der Waals surface area contributed by atoms with Crippen molar-refractivity contribution in [3.8, 4) is 5.75 Å². The molecule has 0 spiro atoms. The lowest BCUT2D eigenvalue weighted by Gasteiger charge is -2.13. The number of amides is 1. The molecule has 0 aliphatic heterocycles. The number of rotatable bonds is 7.